The van der Waals surface area contributed by atoms with Crippen LogP contribution >= 0.6 is 0 Å². The van der Waals surface area contributed by atoms with Gasteiger partial charge in [0.25, 0.3) is 6.08 Å². The van der Waals surface area contributed by atoms with E-state index in [2.05, 4.69) is 0 Å². The molecule has 0 saturated heterocycles. The fraction of sp³-hybridized carbons (Fsp3) is 0.529. The molecule has 0 fully saturated rings. The van der Waals surface area contributed by atoms with Crippen LogP contribution in [0.3, 0.4) is 0 Å². The molecule has 1 rings (SSSR count). The van der Waals surface area contributed by atoms with E-state index in [4.69, 9.17) is 0 Å². The van der Waals surface area contributed by atoms with E-state index in [1.807, 2.05) is 37.3 Å². The molecule has 0 radical (unpaired) electrons. The van der Waals surface area contributed by atoms with Gasteiger partial charge in [0.15, 0.2) is 0 Å². The molecule has 0 heterocycles. The van der Waals surface area contributed by atoms with Gasteiger partial charge in [-0.05, 0) is 37.3 Å². The van der Waals surface area contributed by atoms with Crippen molar-refractivity contribution in [3.05, 3.63) is 47.5 Å². The van der Waals surface area contributed by atoms with E-state index in [-0.39, 0.29) is 5.57 Å². The van der Waals surface area contributed by atoms with Gasteiger partial charge in [-0.15, -0.1) is 0 Å². The van der Waals surface area contributed by atoms with E-state index in [0.29, 0.717) is 19.3 Å². The Hall–Kier alpha value is -1.22. The van der Waals surface area contributed by atoms with Crippen LogP contribution in [-0.4, -0.2) is 11.2 Å². The first kappa shape index (κ1) is 16.8. The molecule has 1 N–H and O–H groups in total. The minimum absolute atomic E-state index is 0.0408. The average molecular weight is 282 g/mol. The average Bonchev–Trinajstić information content (AvgIpc) is 2.46. The summed E-state index contributed by atoms with van der Waals surface area (Å²) in [6, 6.07) is 9.82. The Balaban J connectivity index is 2.63. The molecule has 3 heteroatoms. The van der Waals surface area contributed by atoms with Crippen LogP contribution in [0.2, 0.25) is 0 Å². The van der Waals surface area contributed by atoms with Crippen molar-refractivity contribution in [1.29, 1.82) is 0 Å². The molecule has 1 aromatic carbocycles. The quantitative estimate of drug-likeness (QED) is 0.714. The van der Waals surface area contributed by atoms with Crippen molar-refractivity contribution in [3.63, 3.8) is 0 Å². The van der Waals surface area contributed by atoms with Gasteiger partial charge in [-0.3, -0.25) is 0 Å². The van der Waals surface area contributed by atoms with Crippen LogP contribution in [0.25, 0.3) is 0 Å². The Morgan fingerprint density at radius 3 is 2.35 bits per heavy atom. The predicted molar refractivity (Wildman–Crippen MR) is 78.7 cm³/mol. The zero-order valence-corrected chi connectivity index (χ0v) is 12.3. The number of benzene rings is 1. The van der Waals surface area contributed by atoms with Gasteiger partial charge >= 0.3 is 0 Å². The largest absolute Gasteiger partial charge is 0.392 e. The van der Waals surface area contributed by atoms with Gasteiger partial charge in [0.1, 0.15) is 0 Å². The summed E-state index contributed by atoms with van der Waals surface area (Å²) in [5.41, 5.74) is 1.17. The summed E-state index contributed by atoms with van der Waals surface area (Å²) in [4.78, 5) is 0. The minimum atomic E-state index is -1.65. The maximum atomic E-state index is 12.8. The first-order valence-corrected chi connectivity index (χ1v) is 7.30. The summed E-state index contributed by atoms with van der Waals surface area (Å²) >= 11 is 0. The van der Waals surface area contributed by atoms with Crippen LogP contribution in [-0.2, 0) is 6.42 Å². The van der Waals surface area contributed by atoms with Crippen LogP contribution in [0.15, 0.2) is 42.0 Å². The molecule has 0 unspecified atom stereocenters. The van der Waals surface area contributed by atoms with Gasteiger partial charge in [-0.25, -0.2) is 0 Å². The van der Waals surface area contributed by atoms with Crippen LogP contribution in [0.1, 0.15) is 45.1 Å². The molecule has 0 amide bonds. The molecule has 1 nitrogen and oxygen atoms in total. The number of hydrogen-bond acceptors (Lipinski definition) is 1. The molecule has 0 spiro atoms. The summed E-state index contributed by atoms with van der Waals surface area (Å²) in [7, 11) is 0. The van der Waals surface area contributed by atoms with Crippen molar-refractivity contribution in [2.45, 2.75) is 52.1 Å². The number of halogens is 2. The number of rotatable bonds is 8. The SMILES string of the molecule is CCCC[C@H](C(C)=C(F)F)[C@@H](O)CCc1ccccc1. The second-order valence-corrected chi connectivity index (χ2v) is 5.28. The summed E-state index contributed by atoms with van der Waals surface area (Å²) in [6.07, 6.45) is 1.30. The van der Waals surface area contributed by atoms with Gasteiger partial charge in [0.2, 0.25) is 0 Å². The first-order chi connectivity index (χ1) is 9.56. The summed E-state index contributed by atoms with van der Waals surface area (Å²) < 4.78 is 25.6. The van der Waals surface area contributed by atoms with Crippen LogP contribution in [0, 0.1) is 5.92 Å². The molecule has 0 saturated carbocycles. The van der Waals surface area contributed by atoms with Crippen molar-refractivity contribution in [2.75, 3.05) is 0 Å². The van der Waals surface area contributed by atoms with E-state index < -0.39 is 18.1 Å². The highest BCUT2D eigenvalue weighted by Crippen LogP contribution is 2.28. The van der Waals surface area contributed by atoms with Crippen LogP contribution in [0.5, 0.6) is 0 Å². The number of aliphatic hydroxyl groups excluding tert-OH is 1. The Labute approximate surface area is 120 Å². The van der Waals surface area contributed by atoms with Gasteiger partial charge in [-0.1, -0.05) is 50.1 Å². The molecule has 112 valence electrons. The normalized spacial score (nSPS) is 13.8. The smallest absolute Gasteiger partial charge is 0.269 e. The first-order valence-electron chi connectivity index (χ1n) is 7.30. The molecule has 20 heavy (non-hydrogen) atoms. The van der Waals surface area contributed by atoms with E-state index in [1.54, 1.807) is 0 Å². The van der Waals surface area contributed by atoms with Crippen molar-refractivity contribution in [3.8, 4) is 0 Å². The van der Waals surface area contributed by atoms with Gasteiger partial charge < -0.3 is 5.11 Å². The lowest BCUT2D eigenvalue weighted by Crippen LogP contribution is -2.23. The molecule has 0 aliphatic carbocycles. The van der Waals surface area contributed by atoms with E-state index in [9.17, 15) is 13.9 Å². The zero-order valence-electron chi connectivity index (χ0n) is 12.3. The van der Waals surface area contributed by atoms with Crippen molar-refractivity contribution < 1.29 is 13.9 Å². The summed E-state index contributed by atoms with van der Waals surface area (Å²) in [6.45, 7) is 3.46. The molecule has 1 aromatic rings. The van der Waals surface area contributed by atoms with Crippen LogP contribution < -0.4 is 0 Å². The molecule has 0 bridgehead atoms. The minimum Gasteiger partial charge on any atom is -0.392 e. The molecular weight excluding hydrogens is 258 g/mol. The summed E-state index contributed by atoms with van der Waals surface area (Å²) in [5.74, 6) is -0.427. The third kappa shape index (κ3) is 5.41. The highest BCUT2D eigenvalue weighted by molar-refractivity contribution is 5.15. The summed E-state index contributed by atoms with van der Waals surface area (Å²) in [5, 5.41) is 10.2. The fourth-order valence-corrected chi connectivity index (χ4v) is 2.42. The maximum Gasteiger partial charge on any atom is 0.269 e. The Kier molecular flexibility index (Phi) is 7.45. The Morgan fingerprint density at radius 2 is 1.80 bits per heavy atom. The van der Waals surface area contributed by atoms with Crippen molar-refractivity contribution in [1.82, 2.24) is 0 Å². The number of hydrogen-bond donors (Lipinski definition) is 1. The standard InChI is InChI=1S/C17H24F2O/c1-3-4-10-15(13(2)17(18)19)16(20)12-11-14-8-6-5-7-9-14/h5-9,15-16,20H,3-4,10-12H2,1-2H3/t15-,16+/m1/s1. The third-order valence-corrected chi connectivity index (χ3v) is 3.76. The topological polar surface area (TPSA) is 20.2 Å². The monoisotopic (exact) mass is 282 g/mol. The van der Waals surface area contributed by atoms with Crippen LogP contribution in [0.4, 0.5) is 8.78 Å². The molecule has 0 aliphatic rings. The van der Waals surface area contributed by atoms with Gasteiger partial charge in [-0.2, -0.15) is 8.78 Å². The molecule has 0 aromatic heterocycles. The van der Waals surface area contributed by atoms with Crippen molar-refractivity contribution in [2.24, 2.45) is 5.92 Å². The molecular formula is C17H24F2O. The second-order valence-electron chi connectivity index (χ2n) is 5.28. The Bertz CT molecular complexity index is 410. The van der Waals surface area contributed by atoms with Crippen molar-refractivity contribution >= 4 is 0 Å². The van der Waals surface area contributed by atoms with E-state index in [1.165, 1.54) is 6.92 Å². The number of aliphatic hydroxyl groups is 1. The lowest BCUT2D eigenvalue weighted by atomic mass is 9.87. The van der Waals surface area contributed by atoms with E-state index in [0.717, 1.165) is 18.4 Å². The zero-order chi connectivity index (χ0) is 15.0. The second kappa shape index (κ2) is 8.85. The predicted octanol–water partition coefficient (Wildman–Crippen LogP) is 4.96. The van der Waals surface area contributed by atoms with E-state index >= 15 is 0 Å². The lowest BCUT2D eigenvalue weighted by molar-refractivity contribution is 0.107. The highest BCUT2D eigenvalue weighted by Gasteiger charge is 2.23. The Morgan fingerprint density at radius 1 is 1.15 bits per heavy atom. The highest BCUT2D eigenvalue weighted by atomic mass is 19.3. The third-order valence-electron chi connectivity index (χ3n) is 3.76. The van der Waals surface area contributed by atoms with Gasteiger partial charge in [0.05, 0.1) is 6.10 Å². The number of aryl methyl sites for hydroxylation is 1. The lowest BCUT2D eigenvalue weighted by Gasteiger charge is -2.23. The maximum absolute atomic E-state index is 12.8. The molecule has 0 aliphatic heterocycles. The van der Waals surface area contributed by atoms with Gasteiger partial charge in [0, 0.05) is 5.92 Å². The fourth-order valence-electron chi connectivity index (χ4n) is 2.42. The number of unbranched alkanes of at least 4 members (excludes halogenated alkanes) is 1. The molecule has 2 atom stereocenters.